The molecule has 7 heteroatoms. The Hall–Kier alpha value is -3.32. The number of likely N-dealkylation sites (N-methyl/N-ethyl adjacent to an activating group) is 1. The molecule has 1 saturated heterocycles. The smallest absolute Gasteiger partial charge is 0.278 e. The second-order valence-electron chi connectivity index (χ2n) is 7.76. The fraction of sp³-hybridized carbons (Fsp3) is 0.304. The monoisotopic (exact) mass is 405 g/mol. The van der Waals surface area contributed by atoms with Crippen LogP contribution in [0.1, 0.15) is 11.1 Å². The molecule has 1 fully saturated rings. The van der Waals surface area contributed by atoms with Crippen LogP contribution >= 0.6 is 0 Å². The maximum Gasteiger partial charge on any atom is 0.278 e. The van der Waals surface area contributed by atoms with E-state index in [4.69, 9.17) is 9.47 Å². The molecule has 3 aliphatic heterocycles. The number of carbonyl (C=O) groups is 2. The maximum absolute atomic E-state index is 13.5. The zero-order valence-corrected chi connectivity index (χ0v) is 16.8. The topological polar surface area (TPSA) is 62.3 Å². The van der Waals surface area contributed by atoms with Gasteiger partial charge < -0.3 is 19.3 Å². The summed E-state index contributed by atoms with van der Waals surface area (Å²) in [6, 6.07) is 15.0. The van der Waals surface area contributed by atoms with Gasteiger partial charge in [0, 0.05) is 26.2 Å². The summed E-state index contributed by atoms with van der Waals surface area (Å²) in [6.07, 6.45) is 0. The second kappa shape index (κ2) is 7.50. The molecular formula is C23H23N3O4. The van der Waals surface area contributed by atoms with Crippen molar-refractivity contribution in [2.45, 2.75) is 6.54 Å². The summed E-state index contributed by atoms with van der Waals surface area (Å²) in [5, 5.41) is 0. The van der Waals surface area contributed by atoms with Gasteiger partial charge in [-0.05, 0) is 30.3 Å². The highest BCUT2D eigenvalue weighted by molar-refractivity contribution is 6.35. The molecule has 0 bridgehead atoms. The van der Waals surface area contributed by atoms with Crippen molar-refractivity contribution in [2.24, 2.45) is 0 Å². The lowest BCUT2D eigenvalue weighted by molar-refractivity contribution is -0.138. The van der Waals surface area contributed by atoms with Gasteiger partial charge in [-0.2, -0.15) is 0 Å². The third-order valence-electron chi connectivity index (χ3n) is 5.80. The summed E-state index contributed by atoms with van der Waals surface area (Å²) in [5.74, 6) is 0.833. The van der Waals surface area contributed by atoms with Gasteiger partial charge in [-0.15, -0.1) is 0 Å². The van der Waals surface area contributed by atoms with Gasteiger partial charge in [0.25, 0.3) is 11.8 Å². The maximum atomic E-state index is 13.5. The molecule has 3 heterocycles. The summed E-state index contributed by atoms with van der Waals surface area (Å²) in [4.78, 5) is 32.5. The van der Waals surface area contributed by atoms with Crippen LogP contribution in [0.15, 0.2) is 54.2 Å². The van der Waals surface area contributed by atoms with Gasteiger partial charge in [0.2, 0.25) is 6.79 Å². The molecule has 5 rings (SSSR count). The molecule has 2 aromatic carbocycles. The Morgan fingerprint density at radius 1 is 0.867 bits per heavy atom. The first-order valence-corrected chi connectivity index (χ1v) is 10.1. The van der Waals surface area contributed by atoms with E-state index < -0.39 is 0 Å². The summed E-state index contributed by atoms with van der Waals surface area (Å²) < 4.78 is 10.8. The number of nitrogens with zero attached hydrogens (tertiary/aromatic N) is 3. The molecule has 30 heavy (non-hydrogen) atoms. The van der Waals surface area contributed by atoms with Crippen molar-refractivity contribution in [3.05, 3.63) is 65.4 Å². The molecule has 0 N–H and O–H groups in total. The largest absolute Gasteiger partial charge is 0.454 e. The average Bonchev–Trinajstić information content (AvgIpc) is 3.33. The minimum absolute atomic E-state index is 0.188. The van der Waals surface area contributed by atoms with E-state index in [1.807, 2.05) is 48.5 Å². The van der Waals surface area contributed by atoms with E-state index >= 15 is 0 Å². The minimum atomic E-state index is -0.252. The number of rotatable bonds is 4. The molecular weight excluding hydrogens is 382 g/mol. The van der Waals surface area contributed by atoms with Gasteiger partial charge in [0.05, 0.1) is 12.1 Å². The van der Waals surface area contributed by atoms with E-state index in [1.165, 1.54) is 4.90 Å². The van der Waals surface area contributed by atoms with Gasteiger partial charge in [-0.1, -0.05) is 36.4 Å². The van der Waals surface area contributed by atoms with Crippen LogP contribution in [0.5, 0.6) is 11.5 Å². The van der Waals surface area contributed by atoms with Crippen molar-refractivity contribution in [3.8, 4) is 11.5 Å². The number of amides is 2. The highest BCUT2D eigenvalue weighted by Gasteiger charge is 2.42. The lowest BCUT2D eigenvalue weighted by atomic mass is 10.0. The molecule has 2 amide bonds. The van der Waals surface area contributed by atoms with Gasteiger partial charge in [0.1, 0.15) is 5.70 Å². The summed E-state index contributed by atoms with van der Waals surface area (Å²) in [6.45, 7) is 3.54. The molecule has 7 nitrogen and oxygen atoms in total. The molecule has 0 saturated carbocycles. The number of hydrogen-bond donors (Lipinski definition) is 0. The van der Waals surface area contributed by atoms with Crippen LogP contribution in [0.3, 0.4) is 0 Å². The number of benzene rings is 2. The lowest BCUT2D eigenvalue weighted by Gasteiger charge is -2.34. The Balaban J connectivity index is 1.48. The number of imide groups is 1. The van der Waals surface area contributed by atoms with Crippen LogP contribution in [0.25, 0.3) is 5.57 Å². The Morgan fingerprint density at radius 2 is 1.60 bits per heavy atom. The first-order valence-electron chi connectivity index (χ1n) is 10.1. The van der Waals surface area contributed by atoms with Gasteiger partial charge in [-0.25, -0.2) is 0 Å². The van der Waals surface area contributed by atoms with Crippen molar-refractivity contribution >= 4 is 17.4 Å². The molecule has 0 unspecified atom stereocenters. The fourth-order valence-corrected chi connectivity index (χ4v) is 4.12. The second-order valence-corrected chi connectivity index (χ2v) is 7.76. The molecule has 154 valence electrons. The Morgan fingerprint density at radius 3 is 2.37 bits per heavy atom. The van der Waals surface area contributed by atoms with Crippen molar-refractivity contribution in [1.82, 2.24) is 14.7 Å². The zero-order valence-electron chi connectivity index (χ0n) is 16.8. The summed E-state index contributed by atoms with van der Waals surface area (Å²) in [7, 11) is 2.07. The van der Waals surface area contributed by atoms with Crippen LogP contribution in [0.2, 0.25) is 0 Å². The van der Waals surface area contributed by atoms with Crippen molar-refractivity contribution in [1.29, 1.82) is 0 Å². The number of carbonyl (C=O) groups excluding carboxylic acids is 2. The highest BCUT2D eigenvalue weighted by atomic mass is 16.7. The molecule has 0 aliphatic carbocycles. The molecule has 3 aliphatic rings. The van der Waals surface area contributed by atoms with Crippen LogP contribution in [-0.4, -0.2) is 66.5 Å². The summed E-state index contributed by atoms with van der Waals surface area (Å²) >= 11 is 0. The Kier molecular flexibility index (Phi) is 4.67. The Bertz CT molecular complexity index is 1030. The van der Waals surface area contributed by atoms with Crippen LogP contribution in [-0.2, 0) is 16.1 Å². The molecule has 0 spiro atoms. The minimum Gasteiger partial charge on any atom is -0.454 e. The van der Waals surface area contributed by atoms with E-state index in [9.17, 15) is 9.59 Å². The van der Waals surface area contributed by atoms with E-state index in [0.717, 1.165) is 37.3 Å². The quantitative estimate of drug-likeness (QED) is 0.725. The standard InChI is InChI=1S/C23H23N3O4/c1-24-9-11-25(12-10-24)21-20(17-5-3-2-4-6-17)22(27)26(23(21)28)14-16-7-8-18-19(13-16)30-15-29-18/h2-8,13H,9-12,14-15H2,1H3. The van der Waals surface area contributed by atoms with Crippen molar-refractivity contribution < 1.29 is 19.1 Å². The predicted molar refractivity (Wildman–Crippen MR) is 111 cm³/mol. The Labute approximate surface area is 175 Å². The number of fused-ring (bicyclic) bond motifs is 1. The molecule has 2 aromatic rings. The fourth-order valence-electron chi connectivity index (χ4n) is 4.12. The zero-order chi connectivity index (χ0) is 20.7. The lowest BCUT2D eigenvalue weighted by Crippen LogP contribution is -2.46. The first-order chi connectivity index (χ1) is 14.6. The molecule has 0 aromatic heterocycles. The average molecular weight is 405 g/mol. The highest BCUT2D eigenvalue weighted by Crippen LogP contribution is 2.36. The third kappa shape index (κ3) is 3.21. The van der Waals surface area contributed by atoms with Gasteiger partial charge in [-0.3, -0.25) is 14.5 Å². The molecule has 0 radical (unpaired) electrons. The van der Waals surface area contributed by atoms with E-state index in [0.29, 0.717) is 22.8 Å². The van der Waals surface area contributed by atoms with E-state index in [1.54, 1.807) is 0 Å². The van der Waals surface area contributed by atoms with Crippen LogP contribution in [0.4, 0.5) is 0 Å². The summed E-state index contributed by atoms with van der Waals surface area (Å²) in [5.41, 5.74) is 2.61. The van der Waals surface area contributed by atoms with Crippen molar-refractivity contribution in [3.63, 3.8) is 0 Å². The van der Waals surface area contributed by atoms with E-state index in [-0.39, 0.29) is 25.2 Å². The number of piperazine rings is 1. The predicted octanol–water partition coefficient (Wildman–Crippen LogP) is 1.94. The van der Waals surface area contributed by atoms with Gasteiger partial charge >= 0.3 is 0 Å². The number of ether oxygens (including phenoxy) is 2. The first kappa shape index (κ1) is 18.7. The molecule has 0 atom stereocenters. The number of hydrogen-bond acceptors (Lipinski definition) is 6. The van der Waals surface area contributed by atoms with Crippen LogP contribution < -0.4 is 9.47 Å². The van der Waals surface area contributed by atoms with Gasteiger partial charge in [0.15, 0.2) is 11.5 Å². The van der Waals surface area contributed by atoms with E-state index in [2.05, 4.69) is 16.8 Å². The SMILES string of the molecule is CN1CCN(C2=C(c3ccccc3)C(=O)N(Cc3ccc4c(c3)OCO4)C2=O)CC1. The van der Waals surface area contributed by atoms with Crippen LogP contribution in [0, 0.1) is 0 Å². The van der Waals surface area contributed by atoms with Crippen molar-refractivity contribution in [2.75, 3.05) is 40.0 Å². The third-order valence-corrected chi connectivity index (χ3v) is 5.80. The normalized spacial score (nSPS) is 19.2.